The van der Waals surface area contributed by atoms with Crippen LogP contribution in [0.1, 0.15) is 37.7 Å². The third-order valence-corrected chi connectivity index (χ3v) is 5.48. The van der Waals surface area contributed by atoms with Crippen LogP contribution in [-0.4, -0.2) is 33.3 Å². The summed E-state index contributed by atoms with van der Waals surface area (Å²) in [5.41, 5.74) is 0.277. The van der Waals surface area contributed by atoms with E-state index in [0.717, 1.165) is 6.54 Å². The van der Waals surface area contributed by atoms with Gasteiger partial charge in [-0.25, -0.2) is 0 Å². The molecule has 8 nitrogen and oxygen atoms in total. The van der Waals surface area contributed by atoms with Gasteiger partial charge < -0.3 is 19.8 Å². The molecule has 2 aromatic rings. The van der Waals surface area contributed by atoms with Crippen molar-refractivity contribution >= 4 is 11.4 Å². The average Bonchev–Trinajstić information content (AvgIpc) is 3.16. The van der Waals surface area contributed by atoms with Gasteiger partial charge >= 0.3 is 0 Å². The van der Waals surface area contributed by atoms with Crippen LogP contribution in [0.4, 0.5) is 5.69 Å². The summed E-state index contributed by atoms with van der Waals surface area (Å²) in [5, 5.41) is 33.1. The molecule has 2 N–H and O–H groups in total. The molecule has 1 aliphatic carbocycles. The molecule has 4 rings (SSSR count). The molecular weight excluding hydrogens is 388 g/mol. The lowest BCUT2D eigenvalue weighted by molar-refractivity contribution is -0.384. The van der Waals surface area contributed by atoms with Crippen LogP contribution >= 0.6 is 0 Å². The van der Waals surface area contributed by atoms with Crippen molar-refractivity contribution in [1.29, 1.82) is 0 Å². The van der Waals surface area contributed by atoms with Crippen molar-refractivity contribution in [2.24, 2.45) is 5.92 Å². The number of nitro benzene ring substituents is 1. The van der Waals surface area contributed by atoms with Gasteiger partial charge in [0.15, 0.2) is 5.76 Å². The third kappa shape index (κ3) is 4.49. The van der Waals surface area contributed by atoms with Crippen LogP contribution in [0.15, 0.2) is 42.5 Å². The summed E-state index contributed by atoms with van der Waals surface area (Å²) in [4.78, 5) is 16.3. The van der Waals surface area contributed by atoms with Crippen molar-refractivity contribution in [2.75, 3.05) is 13.1 Å². The van der Waals surface area contributed by atoms with Crippen molar-refractivity contribution in [3.63, 3.8) is 0 Å². The molecule has 0 amide bonds. The predicted octanol–water partition coefficient (Wildman–Crippen LogP) is 4.97. The lowest BCUT2D eigenvalue weighted by Gasteiger charge is -2.26. The molecule has 0 atom stereocenters. The Morgan fingerprint density at radius 1 is 1.13 bits per heavy atom. The first kappa shape index (κ1) is 20.0. The molecule has 0 unspecified atom stereocenters. The zero-order valence-corrected chi connectivity index (χ0v) is 16.5. The smallest absolute Gasteiger partial charge is 0.269 e. The molecule has 1 fully saturated rings. The van der Waals surface area contributed by atoms with E-state index in [1.807, 2.05) is 11.1 Å². The first-order chi connectivity index (χ1) is 14.5. The molecule has 0 spiro atoms. The standard InChI is InChI=1S/C22H24N2O6/c25-17-12-19(26)22(20-10-11-23(30-20)14-15-4-2-1-3-5-15)21(13-17)29-18-8-6-16(7-9-18)24(27)28/h6-10,12-13,15,25-26H,1-5,11,14H2. The fourth-order valence-corrected chi connectivity index (χ4v) is 3.99. The molecule has 158 valence electrons. The van der Waals surface area contributed by atoms with Gasteiger partial charge in [-0.1, -0.05) is 19.3 Å². The quantitative estimate of drug-likeness (QED) is 0.510. The van der Waals surface area contributed by atoms with E-state index in [4.69, 9.17) is 9.57 Å². The summed E-state index contributed by atoms with van der Waals surface area (Å²) in [6, 6.07) is 8.19. The zero-order valence-electron chi connectivity index (χ0n) is 16.5. The fraction of sp³-hybridized carbons (Fsp3) is 0.364. The number of aromatic hydroxyl groups is 2. The summed E-state index contributed by atoms with van der Waals surface area (Å²) in [6.45, 7) is 1.43. The van der Waals surface area contributed by atoms with Crippen LogP contribution in [0.2, 0.25) is 0 Å². The maximum absolute atomic E-state index is 10.8. The van der Waals surface area contributed by atoms with Crippen LogP contribution in [0.25, 0.3) is 5.76 Å². The van der Waals surface area contributed by atoms with E-state index < -0.39 is 4.92 Å². The van der Waals surface area contributed by atoms with E-state index in [1.165, 1.54) is 68.5 Å². The van der Waals surface area contributed by atoms with Crippen molar-refractivity contribution in [1.82, 2.24) is 5.06 Å². The van der Waals surface area contributed by atoms with Gasteiger partial charge in [0.05, 0.1) is 11.5 Å². The lowest BCUT2D eigenvalue weighted by Crippen LogP contribution is -2.27. The maximum atomic E-state index is 10.8. The Labute approximate surface area is 174 Å². The van der Waals surface area contributed by atoms with Gasteiger partial charge in [0.2, 0.25) is 0 Å². The number of non-ortho nitro benzene ring substituents is 1. The molecule has 1 aliphatic heterocycles. The van der Waals surface area contributed by atoms with Crippen LogP contribution < -0.4 is 4.74 Å². The first-order valence-electron chi connectivity index (χ1n) is 10.1. The van der Waals surface area contributed by atoms with Gasteiger partial charge in [0, 0.05) is 30.8 Å². The first-order valence-corrected chi connectivity index (χ1v) is 10.1. The largest absolute Gasteiger partial charge is 0.508 e. The molecule has 0 bridgehead atoms. The van der Waals surface area contributed by atoms with Crippen LogP contribution in [-0.2, 0) is 4.84 Å². The molecule has 1 saturated carbocycles. The number of phenols is 2. The Morgan fingerprint density at radius 2 is 1.87 bits per heavy atom. The van der Waals surface area contributed by atoms with Crippen molar-refractivity contribution in [2.45, 2.75) is 32.1 Å². The van der Waals surface area contributed by atoms with Gasteiger partial charge in [0.1, 0.15) is 28.6 Å². The predicted molar refractivity (Wildman–Crippen MR) is 110 cm³/mol. The molecule has 2 aromatic carbocycles. The van der Waals surface area contributed by atoms with Crippen LogP contribution in [0.5, 0.6) is 23.0 Å². The highest BCUT2D eigenvalue weighted by molar-refractivity contribution is 5.73. The lowest BCUT2D eigenvalue weighted by atomic mass is 9.89. The van der Waals surface area contributed by atoms with Crippen LogP contribution in [0.3, 0.4) is 0 Å². The summed E-state index contributed by atoms with van der Waals surface area (Å²) >= 11 is 0. The molecule has 0 saturated heterocycles. The topological polar surface area (TPSA) is 105 Å². The normalized spacial score (nSPS) is 17.4. The third-order valence-electron chi connectivity index (χ3n) is 5.48. The highest BCUT2D eigenvalue weighted by Gasteiger charge is 2.27. The summed E-state index contributed by atoms with van der Waals surface area (Å²) in [5.74, 6) is 1.27. The summed E-state index contributed by atoms with van der Waals surface area (Å²) < 4.78 is 5.82. The Bertz CT molecular complexity index is 951. The van der Waals surface area contributed by atoms with Crippen LogP contribution in [0, 0.1) is 16.0 Å². The molecule has 2 aliphatic rings. The summed E-state index contributed by atoms with van der Waals surface area (Å²) in [6.07, 6.45) is 8.08. The van der Waals surface area contributed by atoms with Gasteiger partial charge in [-0.3, -0.25) is 10.1 Å². The number of phenolic OH excluding ortho intramolecular Hbond substituents is 2. The monoisotopic (exact) mass is 412 g/mol. The van der Waals surface area contributed by atoms with Crippen molar-refractivity contribution in [3.05, 3.63) is 58.2 Å². The van der Waals surface area contributed by atoms with E-state index in [1.54, 1.807) is 0 Å². The number of nitrogens with zero attached hydrogens (tertiary/aromatic N) is 2. The number of nitro groups is 1. The molecule has 0 radical (unpaired) electrons. The number of hydroxylamine groups is 2. The fourth-order valence-electron chi connectivity index (χ4n) is 3.99. The second kappa shape index (κ2) is 8.62. The SMILES string of the molecule is O=[N+]([O-])c1ccc(Oc2cc(O)cc(O)c2C2=CCN(CC3CCCCC3)O2)cc1. The van der Waals surface area contributed by atoms with Gasteiger partial charge in [-0.2, -0.15) is 0 Å². The highest BCUT2D eigenvalue weighted by Crippen LogP contribution is 2.42. The number of rotatable bonds is 6. The minimum absolute atomic E-state index is 0.0541. The van der Waals surface area contributed by atoms with Gasteiger partial charge in [-0.05, 0) is 37.0 Å². The van der Waals surface area contributed by atoms with E-state index in [-0.39, 0.29) is 22.9 Å². The molecule has 0 aromatic heterocycles. The second-order valence-electron chi connectivity index (χ2n) is 7.70. The second-order valence-corrected chi connectivity index (χ2v) is 7.70. The minimum atomic E-state index is -0.493. The Balaban J connectivity index is 1.52. The number of hydrogen-bond donors (Lipinski definition) is 2. The maximum Gasteiger partial charge on any atom is 0.269 e. The minimum Gasteiger partial charge on any atom is -0.508 e. The number of hydrogen-bond acceptors (Lipinski definition) is 7. The van der Waals surface area contributed by atoms with E-state index >= 15 is 0 Å². The van der Waals surface area contributed by atoms with E-state index in [0.29, 0.717) is 29.5 Å². The highest BCUT2D eigenvalue weighted by atomic mass is 16.7. The number of ether oxygens (including phenoxy) is 1. The van der Waals surface area contributed by atoms with Crippen molar-refractivity contribution in [3.8, 4) is 23.0 Å². The average molecular weight is 412 g/mol. The summed E-state index contributed by atoms with van der Waals surface area (Å²) in [7, 11) is 0. The Kier molecular flexibility index (Phi) is 5.76. The van der Waals surface area contributed by atoms with Gasteiger partial charge in [-0.15, -0.1) is 5.06 Å². The molecule has 1 heterocycles. The Hall–Kier alpha value is -3.26. The zero-order chi connectivity index (χ0) is 21.1. The van der Waals surface area contributed by atoms with Gasteiger partial charge in [0.25, 0.3) is 5.69 Å². The van der Waals surface area contributed by atoms with Crippen molar-refractivity contribution < 1.29 is 24.7 Å². The molecule has 8 heteroatoms. The molecular formula is C22H24N2O6. The Morgan fingerprint density at radius 3 is 2.57 bits per heavy atom. The van der Waals surface area contributed by atoms with E-state index in [2.05, 4.69) is 0 Å². The van der Waals surface area contributed by atoms with E-state index in [9.17, 15) is 20.3 Å². The number of benzene rings is 2. The molecule has 30 heavy (non-hydrogen) atoms.